The van der Waals surface area contributed by atoms with E-state index in [0.29, 0.717) is 11.3 Å². The van der Waals surface area contributed by atoms with Crippen LogP contribution in [0.15, 0.2) is 66.7 Å². The minimum absolute atomic E-state index is 0.0566. The van der Waals surface area contributed by atoms with Gasteiger partial charge in [0.2, 0.25) is 0 Å². The van der Waals surface area contributed by atoms with Gasteiger partial charge in [-0.1, -0.05) is 51.1 Å². The summed E-state index contributed by atoms with van der Waals surface area (Å²) in [7, 11) is 1.60. The molecule has 0 fully saturated rings. The number of nitrogens with one attached hydrogen (secondary N) is 1. The van der Waals surface area contributed by atoms with E-state index in [4.69, 9.17) is 9.47 Å². The highest BCUT2D eigenvalue weighted by Crippen LogP contribution is 2.32. The summed E-state index contributed by atoms with van der Waals surface area (Å²) in [6, 6.07) is 19.1. The minimum Gasteiger partial charge on any atom is -0.496 e. The Bertz CT molecular complexity index is 1070. The van der Waals surface area contributed by atoms with E-state index in [1.807, 2.05) is 25.1 Å². The summed E-state index contributed by atoms with van der Waals surface area (Å²) >= 11 is 0. The number of hydrogen-bond donors (Lipinski definition) is 1. The summed E-state index contributed by atoms with van der Waals surface area (Å²) in [5.41, 5.74) is 3.16. The molecule has 0 spiro atoms. The first-order valence-corrected chi connectivity index (χ1v) is 10.6. The number of ether oxygens (including phenoxy) is 2. The number of halogens is 1. The predicted molar refractivity (Wildman–Crippen MR) is 125 cm³/mol. The smallest absolute Gasteiger partial charge is 0.251 e. The zero-order chi connectivity index (χ0) is 23.3. The molecule has 4 nitrogen and oxygen atoms in total. The van der Waals surface area contributed by atoms with Gasteiger partial charge < -0.3 is 14.8 Å². The van der Waals surface area contributed by atoms with Gasteiger partial charge in [-0.3, -0.25) is 4.79 Å². The quantitative estimate of drug-likeness (QED) is 0.480. The molecular weight excluding hydrogens is 405 g/mol. The van der Waals surface area contributed by atoms with Gasteiger partial charge in [-0.05, 0) is 59.9 Å². The van der Waals surface area contributed by atoms with Gasteiger partial charge in [-0.2, -0.15) is 0 Å². The van der Waals surface area contributed by atoms with Crippen molar-refractivity contribution in [3.63, 3.8) is 0 Å². The van der Waals surface area contributed by atoms with E-state index in [2.05, 4.69) is 32.2 Å². The molecule has 0 unspecified atom stereocenters. The van der Waals surface area contributed by atoms with Crippen LogP contribution in [0.5, 0.6) is 11.5 Å². The molecule has 0 aliphatic carbocycles. The van der Waals surface area contributed by atoms with E-state index in [9.17, 15) is 9.18 Å². The maximum absolute atomic E-state index is 13.2. The molecule has 0 bridgehead atoms. The number of carbonyl (C=O) groups excluding carboxylic acids is 1. The third-order valence-corrected chi connectivity index (χ3v) is 5.34. The third kappa shape index (κ3) is 5.67. The van der Waals surface area contributed by atoms with Crippen LogP contribution < -0.4 is 14.8 Å². The van der Waals surface area contributed by atoms with Crippen molar-refractivity contribution in [1.29, 1.82) is 0 Å². The molecule has 0 radical (unpaired) electrons. The summed E-state index contributed by atoms with van der Waals surface area (Å²) in [5.74, 6) is 0.934. The molecule has 0 aromatic heterocycles. The Morgan fingerprint density at radius 2 is 1.69 bits per heavy atom. The Balaban J connectivity index is 1.77. The first-order chi connectivity index (χ1) is 15.2. The molecular formula is C27H30FNO3. The van der Waals surface area contributed by atoms with E-state index in [-0.39, 0.29) is 29.8 Å². The number of hydrogen-bond acceptors (Lipinski definition) is 3. The van der Waals surface area contributed by atoms with Crippen molar-refractivity contribution >= 4 is 5.91 Å². The number of amides is 1. The highest BCUT2D eigenvalue weighted by atomic mass is 19.1. The van der Waals surface area contributed by atoms with Gasteiger partial charge in [0.15, 0.2) is 0 Å². The Kier molecular flexibility index (Phi) is 7.18. The molecule has 5 heteroatoms. The van der Waals surface area contributed by atoms with Crippen LogP contribution in [0.3, 0.4) is 0 Å². The van der Waals surface area contributed by atoms with Crippen molar-refractivity contribution in [2.45, 2.75) is 45.8 Å². The van der Waals surface area contributed by atoms with Gasteiger partial charge in [-0.15, -0.1) is 0 Å². The van der Waals surface area contributed by atoms with Crippen LogP contribution in [0.2, 0.25) is 0 Å². The van der Waals surface area contributed by atoms with E-state index < -0.39 is 0 Å². The Morgan fingerprint density at radius 3 is 2.34 bits per heavy atom. The van der Waals surface area contributed by atoms with Crippen LogP contribution in [0.25, 0.3) is 0 Å². The molecule has 3 aromatic carbocycles. The molecule has 3 aromatic rings. The third-order valence-electron chi connectivity index (χ3n) is 5.34. The second kappa shape index (κ2) is 9.86. The topological polar surface area (TPSA) is 47.6 Å². The second-order valence-corrected chi connectivity index (χ2v) is 8.81. The fraction of sp³-hybridized carbons (Fsp3) is 0.296. The maximum Gasteiger partial charge on any atom is 0.251 e. The molecule has 0 aliphatic heterocycles. The molecule has 32 heavy (non-hydrogen) atoms. The van der Waals surface area contributed by atoms with Crippen molar-refractivity contribution in [3.05, 3.63) is 94.8 Å². The van der Waals surface area contributed by atoms with E-state index in [0.717, 1.165) is 22.4 Å². The van der Waals surface area contributed by atoms with Crippen LogP contribution >= 0.6 is 0 Å². The molecule has 0 saturated heterocycles. The summed E-state index contributed by atoms with van der Waals surface area (Å²) in [6.45, 7) is 8.56. The SMILES string of the molecule is COc1ccc(C(=O)N[C@H](C)c2ccc(F)cc2)cc1COc1ccccc1C(C)(C)C. The van der Waals surface area contributed by atoms with Gasteiger partial charge in [-0.25, -0.2) is 4.39 Å². The lowest BCUT2D eigenvalue weighted by atomic mass is 9.86. The van der Waals surface area contributed by atoms with Gasteiger partial charge in [0, 0.05) is 11.1 Å². The zero-order valence-corrected chi connectivity index (χ0v) is 19.2. The highest BCUT2D eigenvalue weighted by Gasteiger charge is 2.19. The summed E-state index contributed by atoms with van der Waals surface area (Å²) in [5, 5.41) is 2.96. The van der Waals surface area contributed by atoms with Crippen molar-refractivity contribution < 1.29 is 18.7 Å². The van der Waals surface area contributed by atoms with Gasteiger partial charge in [0.05, 0.1) is 13.2 Å². The average molecular weight is 436 g/mol. The summed E-state index contributed by atoms with van der Waals surface area (Å²) in [4.78, 5) is 12.8. The van der Waals surface area contributed by atoms with Gasteiger partial charge >= 0.3 is 0 Å². The number of benzene rings is 3. The van der Waals surface area contributed by atoms with Crippen molar-refractivity contribution in [2.75, 3.05) is 7.11 Å². The lowest BCUT2D eigenvalue weighted by Crippen LogP contribution is -2.26. The lowest BCUT2D eigenvalue weighted by molar-refractivity contribution is 0.0939. The fourth-order valence-electron chi connectivity index (χ4n) is 3.51. The monoisotopic (exact) mass is 435 g/mol. The molecule has 0 heterocycles. The summed E-state index contributed by atoms with van der Waals surface area (Å²) in [6.07, 6.45) is 0. The second-order valence-electron chi connectivity index (χ2n) is 8.81. The normalized spacial score (nSPS) is 12.2. The van der Waals surface area contributed by atoms with Crippen LogP contribution in [0, 0.1) is 5.82 Å². The van der Waals surface area contributed by atoms with Crippen LogP contribution in [-0.2, 0) is 12.0 Å². The molecule has 3 rings (SSSR count). The van der Waals surface area contributed by atoms with Crippen molar-refractivity contribution in [3.8, 4) is 11.5 Å². The molecule has 0 saturated carbocycles. The van der Waals surface area contributed by atoms with E-state index >= 15 is 0 Å². The standard InChI is InChI=1S/C27H30FNO3/c1-18(19-10-13-22(28)14-11-19)29-26(30)20-12-15-24(31-5)21(16-20)17-32-25-9-7-6-8-23(25)27(2,3)4/h6-16,18H,17H2,1-5H3,(H,29,30)/t18-/m1/s1. The minimum atomic E-state index is -0.305. The fourth-order valence-corrected chi connectivity index (χ4v) is 3.51. The molecule has 168 valence electrons. The number of rotatable bonds is 7. The van der Waals surface area contributed by atoms with Crippen molar-refractivity contribution in [2.24, 2.45) is 0 Å². The van der Waals surface area contributed by atoms with Crippen LogP contribution in [-0.4, -0.2) is 13.0 Å². The first kappa shape index (κ1) is 23.3. The Morgan fingerprint density at radius 1 is 1.00 bits per heavy atom. The molecule has 1 amide bonds. The summed E-state index contributed by atoms with van der Waals surface area (Å²) < 4.78 is 24.8. The average Bonchev–Trinajstić information content (AvgIpc) is 2.77. The Hall–Kier alpha value is -3.34. The van der Waals surface area contributed by atoms with Gasteiger partial charge in [0.1, 0.15) is 23.9 Å². The zero-order valence-electron chi connectivity index (χ0n) is 19.2. The maximum atomic E-state index is 13.2. The molecule has 0 aliphatic rings. The van der Waals surface area contributed by atoms with Crippen LogP contribution in [0.4, 0.5) is 4.39 Å². The number of methoxy groups -OCH3 is 1. The van der Waals surface area contributed by atoms with Crippen LogP contribution in [0.1, 0.15) is 60.8 Å². The number of carbonyl (C=O) groups is 1. The van der Waals surface area contributed by atoms with Gasteiger partial charge in [0.25, 0.3) is 5.91 Å². The molecule has 1 N–H and O–H groups in total. The van der Waals surface area contributed by atoms with E-state index in [1.165, 1.54) is 12.1 Å². The number of para-hydroxylation sites is 1. The first-order valence-electron chi connectivity index (χ1n) is 10.6. The predicted octanol–water partition coefficient (Wildman–Crippen LogP) is 6.20. The largest absolute Gasteiger partial charge is 0.496 e. The Labute approximate surface area is 189 Å². The molecule has 1 atom stereocenters. The highest BCUT2D eigenvalue weighted by molar-refractivity contribution is 5.94. The van der Waals surface area contributed by atoms with E-state index in [1.54, 1.807) is 37.4 Å². The van der Waals surface area contributed by atoms with Crippen molar-refractivity contribution in [1.82, 2.24) is 5.32 Å². The lowest BCUT2D eigenvalue weighted by Gasteiger charge is -2.23.